The lowest BCUT2D eigenvalue weighted by Gasteiger charge is -2.38. The van der Waals surface area contributed by atoms with Crippen molar-refractivity contribution in [2.75, 3.05) is 19.0 Å². The topological polar surface area (TPSA) is 29.5 Å². The van der Waals surface area contributed by atoms with Crippen LogP contribution in [0.5, 0.6) is 0 Å². The van der Waals surface area contributed by atoms with Gasteiger partial charge in [-0.3, -0.25) is 4.79 Å². The van der Waals surface area contributed by atoms with Gasteiger partial charge in [0.25, 0.3) is 0 Å². The lowest BCUT2D eigenvalue weighted by molar-refractivity contribution is -0.147. The number of rotatable bonds is 2. The predicted octanol–water partition coefficient (Wildman–Crippen LogP) is 2.26. The van der Waals surface area contributed by atoms with Gasteiger partial charge < -0.3 is 9.64 Å². The van der Waals surface area contributed by atoms with Gasteiger partial charge in [-0.2, -0.15) is 0 Å². The molecule has 0 aromatic heterocycles. The number of nitrogens with zero attached hydrogens (tertiary/aromatic N) is 1. The summed E-state index contributed by atoms with van der Waals surface area (Å²) in [4.78, 5) is 14.7. The largest absolute Gasteiger partial charge is 0.373 e. The Hall–Kier alpha value is -1.06. The molecule has 0 bridgehead atoms. The number of fused-ring (bicyclic) bond motifs is 1. The third-order valence-corrected chi connectivity index (χ3v) is 4.71. The van der Waals surface area contributed by atoms with Crippen LogP contribution in [-0.2, 0) is 22.4 Å². The van der Waals surface area contributed by atoms with Crippen LogP contribution in [0.1, 0.15) is 18.1 Å². The molecule has 2 aliphatic rings. The zero-order chi connectivity index (χ0) is 14.1. The smallest absolute Gasteiger partial charge is 0.226 e. The first kappa shape index (κ1) is 13.9. The SMILES string of the molecule is CC1COC(CCl)CN1C(=O)C1Cc2ccccc2C1. The van der Waals surface area contributed by atoms with Crippen LogP contribution in [0.2, 0.25) is 0 Å². The van der Waals surface area contributed by atoms with Gasteiger partial charge in [-0.15, -0.1) is 11.6 Å². The maximum absolute atomic E-state index is 12.8. The number of ether oxygens (including phenoxy) is 1. The van der Waals surface area contributed by atoms with Gasteiger partial charge in [0.15, 0.2) is 0 Å². The van der Waals surface area contributed by atoms with E-state index in [-0.39, 0.29) is 24.0 Å². The molecule has 108 valence electrons. The summed E-state index contributed by atoms with van der Waals surface area (Å²) in [5.41, 5.74) is 2.64. The maximum atomic E-state index is 12.8. The highest BCUT2D eigenvalue weighted by atomic mass is 35.5. The molecule has 4 heteroatoms. The van der Waals surface area contributed by atoms with Gasteiger partial charge in [-0.25, -0.2) is 0 Å². The van der Waals surface area contributed by atoms with Crippen molar-refractivity contribution < 1.29 is 9.53 Å². The summed E-state index contributed by atoms with van der Waals surface area (Å²) >= 11 is 5.87. The summed E-state index contributed by atoms with van der Waals surface area (Å²) in [5, 5.41) is 0. The van der Waals surface area contributed by atoms with Crippen molar-refractivity contribution >= 4 is 17.5 Å². The van der Waals surface area contributed by atoms with Crippen LogP contribution >= 0.6 is 11.6 Å². The molecule has 0 radical (unpaired) electrons. The van der Waals surface area contributed by atoms with Crippen molar-refractivity contribution in [3.05, 3.63) is 35.4 Å². The van der Waals surface area contributed by atoms with E-state index >= 15 is 0 Å². The number of hydrogen-bond donors (Lipinski definition) is 0. The Balaban J connectivity index is 1.70. The molecule has 2 unspecified atom stereocenters. The predicted molar refractivity (Wildman–Crippen MR) is 79.0 cm³/mol. The van der Waals surface area contributed by atoms with Crippen LogP contribution in [-0.4, -0.2) is 42.0 Å². The first-order chi connectivity index (χ1) is 9.69. The minimum Gasteiger partial charge on any atom is -0.373 e. The van der Waals surface area contributed by atoms with Crippen molar-refractivity contribution in [2.45, 2.75) is 31.9 Å². The standard InChI is InChI=1S/C16H20ClNO2/c1-11-10-20-15(8-17)9-18(11)16(19)14-6-12-4-2-3-5-13(12)7-14/h2-5,11,14-15H,6-10H2,1H3. The number of hydrogen-bond acceptors (Lipinski definition) is 2. The molecule has 2 atom stereocenters. The van der Waals surface area contributed by atoms with Gasteiger partial charge in [0, 0.05) is 12.5 Å². The van der Waals surface area contributed by atoms with Gasteiger partial charge >= 0.3 is 0 Å². The van der Waals surface area contributed by atoms with Crippen LogP contribution in [0.15, 0.2) is 24.3 Å². The number of morpholine rings is 1. The van der Waals surface area contributed by atoms with E-state index in [4.69, 9.17) is 16.3 Å². The lowest BCUT2D eigenvalue weighted by atomic mass is 10.0. The summed E-state index contributed by atoms with van der Waals surface area (Å²) < 4.78 is 5.62. The van der Waals surface area contributed by atoms with Gasteiger partial charge in [-0.05, 0) is 30.9 Å². The summed E-state index contributed by atoms with van der Waals surface area (Å²) in [5.74, 6) is 0.789. The Kier molecular flexibility index (Phi) is 3.99. The zero-order valence-corrected chi connectivity index (χ0v) is 12.5. The van der Waals surface area contributed by atoms with Gasteiger partial charge in [-0.1, -0.05) is 24.3 Å². The summed E-state index contributed by atoms with van der Waals surface area (Å²) in [6.45, 7) is 3.25. The van der Waals surface area contributed by atoms with Crippen molar-refractivity contribution in [3.8, 4) is 0 Å². The van der Waals surface area contributed by atoms with Crippen LogP contribution in [0.4, 0.5) is 0 Å². The second kappa shape index (κ2) is 5.74. The fourth-order valence-electron chi connectivity index (χ4n) is 3.19. The Labute approximate surface area is 124 Å². The summed E-state index contributed by atoms with van der Waals surface area (Å²) in [6.07, 6.45) is 1.70. The molecule has 0 spiro atoms. The first-order valence-electron chi connectivity index (χ1n) is 7.24. The fourth-order valence-corrected chi connectivity index (χ4v) is 3.37. The average Bonchev–Trinajstić information content (AvgIpc) is 2.91. The third-order valence-electron chi connectivity index (χ3n) is 4.36. The number of carbonyl (C=O) groups excluding carboxylic acids is 1. The first-order valence-corrected chi connectivity index (χ1v) is 7.77. The lowest BCUT2D eigenvalue weighted by Crippen LogP contribution is -2.53. The van der Waals surface area contributed by atoms with E-state index in [9.17, 15) is 4.79 Å². The minimum atomic E-state index is -0.0272. The van der Waals surface area contributed by atoms with E-state index in [2.05, 4.69) is 12.1 Å². The molecular weight excluding hydrogens is 274 g/mol. The summed E-state index contributed by atoms with van der Waals surface area (Å²) in [6, 6.07) is 8.50. The molecule has 1 aromatic carbocycles. The number of benzene rings is 1. The Bertz CT molecular complexity index is 480. The van der Waals surface area contributed by atoms with E-state index in [0.29, 0.717) is 19.0 Å². The zero-order valence-electron chi connectivity index (χ0n) is 11.7. The van der Waals surface area contributed by atoms with E-state index in [0.717, 1.165) is 12.8 Å². The molecule has 1 aromatic rings. The fraction of sp³-hybridized carbons (Fsp3) is 0.562. The molecular formula is C16H20ClNO2. The Morgan fingerprint density at radius 2 is 2.00 bits per heavy atom. The summed E-state index contributed by atoms with van der Waals surface area (Å²) in [7, 11) is 0. The van der Waals surface area contributed by atoms with Crippen molar-refractivity contribution in [3.63, 3.8) is 0 Å². The molecule has 0 N–H and O–H groups in total. The highest BCUT2D eigenvalue weighted by Gasteiger charge is 2.35. The van der Waals surface area contributed by atoms with Crippen LogP contribution in [0.25, 0.3) is 0 Å². The maximum Gasteiger partial charge on any atom is 0.226 e. The number of halogens is 1. The van der Waals surface area contributed by atoms with E-state index < -0.39 is 0 Å². The van der Waals surface area contributed by atoms with Crippen LogP contribution < -0.4 is 0 Å². The molecule has 3 rings (SSSR count). The molecule has 1 aliphatic carbocycles. The van der Waals surface area contributed by atoms with Crippen LogP contribution in [0, 0.1) is 5.92 Å². The molecule has 1 fully saturated rings. The highest BCUT2D eigenvalue weighted by molar-refractivity contribution is 6.18. The van der Waals surface area contributed by atoms with Gasteiger partial charge in [0.05, 0.1) is 24.6 Å². The number of amides is 1. The van der Waals surface area contributed by atoms with Gasteiger partial charge in [0.2, 0.25) is 5.91 Å². The normalized spacial score (nSPS) is 26.6. The third kappa shape index (κ3) is 2.57. The van der Waals surface area contributed by atoms with Crippen LogP contribution in [0.3, 0.4) is 0 Å². The minimum absolute atomic E-state index is 0.0272. The quantitative estimate of drug-likeness (QED) is 0.783. The monoisotopic (exact) mass is 293 g/mol. The second-order valence-electron chi connectivity index (χ2n) is 5.82. The van der Waals surface area contributed by atoms with E-state index in [1.807, 2.05) is 24.0 Å². The second-order valence-corrected chi connectivity index (χ2v) is 6.13. The Morgan fingerprint density at radius 3 is 2.60 bits per heavy atom. The average molecular weight is 294 g/mol. The molecule has 1 aliphatic heterocycles. The number of carbonyl (C=O) groups is 1. The molecule has 1 amide bonds. The number of alkyl halides is 1. The van der Waals surface area contributed by atoms with E-state index in [1.54, 1.807) is 0 Å². The van der Waals surface area contributed by atoms with Crippen molar-refractivity contribution in [2.24, 2.45) is 5.92 Å². The van der Waals surface area contributed by atoms with Gasteiger partial charge in [0.1, 0.15) is 0 Å². The van der Waals surface area contributed by atoms with Crippen molar-refractivity contribution in [1.82, 2.24) is 4.90 Å². The Morgan fingerprint density at radius 1 is 1.35 bits per heavy atom. The molecule has 0 saturated carbocycles. The molecule has 1 saturated heterocycles. The van der Waals surface area contributed by atoms with Crippen molar-refractivity contribution in [1.29, 1.82) is 0 Å². The molecule has 3 nitrogen and oxygen atoms in total. The molecule has 20 heavy (non-hydrogen) atoms. The highest BCUT2D eigenvalue weighted by Crippen LogP contribution is 2.29. The molecule has 1 heterocycles. The van der Waals surface area contributed by atoms with E-state index in [1.165, 1.54) is 11.1 Å².